The first-order chi connectivity index (χ1) is 7.36. The fourth-order valence-corrected chi connectivity index (χ4v) is 2.05. The fourth-order valence-electron chi connectivity index (χ4n) is 1.41. The van der Waals surface area contributed by atoms with Crippen LogP contribution < -0.4 is 5.56 Å². The molecule has 0 saturated carbocycles. The molecule has 0 aliphatic rings. The quantitative estimate of drug-likeness (QED) is 0.675. The van der Waals surface area contributed by atoms with Crippen molar-refractivity contribution in [2.45, 2.75) is 0 Å². The summed E-state index contributed by atoms with van der Waals surface area (Å²) in [5.74, 6) is 0. The van der Waals surface area contributed by atoms with E-state index < -0.39 is 0 Å². The van der Waals surface area contributed by atoms with Crippen LogP contribution in [0.2, 0.25) is 0 Å². The number of aromatic nitrogens is 3. The van der Waals surface area contributed by atoms with E-state index in [1.807, 2.05) is 16.8 Å². The third-order valence-corrected chi connectivity index (χ3v) is 2.79. The Morgan fingerprint density at radius 1 is 1.47 bits per heavy atom. The molecule has 0 aliphatic heterocycles. The highest BCUT2D eigenvalue weighted by Gasteiger charge is 2.11. The lowest BCUT2D eigenvalue weighted by atomic mass is 10.2. The molecule has 3 heterocycles. The van der Waals surface area contributed by atoms with Gasteiger partial charge >= 0.3 is 0 Å². The first-order valence-corrected chi connectivity index (χ1v) is 5.16. The second kappa shape index (κ2) is 3.03. The van der Waals surface area contributed by atoms with Crippen LogP contribution >= 0.6 is 11.3 Å². The number of hydrogen-bond acceptors (Lipinski definition) is 5. The normalized spacial score (nSPS) is 10.9. The zero-order valence-corrected chi connectivity index (χ0v) is 8.25. The van der Waals surface area contributed by atoms with Crippen molar-refractivity contribution in [1.29, 1.82) is 0 Å². The van der Waals surface area contributed by atoms with Crippen molar-refractivity contribution in [3.8, 4) is 11.3 Å². The van der Waals surface area contributed by atoms with Gasteiger partial charge in [-0.15, -0.1) is 0 Å². The molecule has 0 aliphatic carbocycles. The van der Waals surface area contributed by atoms with Crippen molar-refractivity contribution < 1.29 is 4.52 Å². The van der Waals surface area contributed by atoms with Crippen molar-refractivity contribution in [1.82, 2.24) is 15.4 Å². The zero-order valence-electron chi connectivity index (χ0n) is 7.43. The van der Waals surface area contributed by atoms with E-state index in [9.17, 15) is 4.79 Å². The number of aromatic amines is 1. The van der Waals surface area contributed by atoms with E-state index >= 15 is 0 Å². The van der Waals surface area contributed by atoms with E-state index in [4.69, 9.17) is 4.52 Å². The lowest BCUT2D eigenvalue weighted by Crippen LogP contribution is -2.08. The average Bonchev–Trinajstić information content (AvgIpc) is 2.88. The van der Waals surface area contributed by atoms with Crippen LogP contribution in [-0.4, -0.2) is 15.4 Å². The molecule has 6 heteroatoms. The average molecular weight is 219 g/mol. The van der Waals surface area contributed by atoms with Crippen LogP contribution in [0.15, 0.2) is 32.4 Å². The molecular formula is C9H5N3O2S. The van der Waals surface area contributed by atoms with Gasteiger partial charge in [0.05, 0.1) is 5.39 Å². The van der Waals surface area contributed by atoms with E-state index in [-0.39, 0.29) is 11.1 Å². The highest BCUT2D eigenvalue weighted by molar-refractivity contribution is 7.08. The van der Waals surface area contributed by atoms with Crippen molar-refractivity contribution >= 4 is 22.2 Å². The van der Waals surface area contributed by atoms with Gasteiger partial charge in [-0.1, -0.05) is 5.16 Å². The Balaban J connectivity index is 2.42. The summed E-state index contributed by atoms with van der Waals surface area (Å²) in [5.41, 5.74) is 1.58. The molecule has 15 heavy (non-hydrogen) atoms. The number of fused-ring (bicyclic) bond motifs is 1. The summed E-state index contributed by atoms with van der Waals surface area (Å²) in [6.07, 6.45) is 1.44. The predicted molar refractivity (Wildman–Crippen MR) is 55.7 cm³/mol. The summed E-state index contributed by atoms with van der Waals surface area (Å²) in [4.78, 5) is 11.3. The topological polar surface area (TPSA) is 71.8 Å². The Labute approximate surface area is 87.3 Å². The minimum absolute atomic E-state index is 0.284. The Kier molecular flexibility index (Phi) is 1.69. The molecule has 3 rings (SSSR count). The van der Waals surface area contributed by atoms with Crippen LogP contribution in [0.3, 0.4) is 0 Å². The molecular weight excluding hydrogens is 214 g/mol. The zero-order chi connectivity index (χ0) is 10.3. The third kappa shape index (κ3) is 1.18. The van der Waals surface area contributed by atoms with Crippen molar-refractivity contribution in [3.63, 3.8) is 0 Å². The van der Waals surface area contributed by atoms with Crippen LogP contribution in [0.25, 0.3) is 22.2 Å². The molecule has 0 atom stereocenters. The Morgan fingerprint density at radius 2 is 2.40 bits per heavy atom. The molecule has 0 bridgehead atoms. The molecule has 3 aromatic heterocycles. The van der Waals surface area contributed by atoms with Crippen molar-refractivity contribution in [3.05, 3.63) is 33.4 Å². The molecule has 3 aromatic rings. The number of nitrogens with zero attached hydrogens (tertiary/aromatic N) is 2. The minimum atomic E-state index is -0.335. The molecule has 0 amide bonds. The van der Waals surface area contributed by atoms with Crippen molar-refractivity contribution in [2.24, 2.45) is 0 Å². The smallest absolute Gasteiger partial charge is 0.294 e. The maximum Gasteiger partial charge on any atom is 0.294 e. The number of nitrogens with one attached hydrogen (secondary N) is 1. The van der Waals surface area contributed by atoms with Gasteiger partial charge in [-0.05, 0) is 11.4 Å². The van der Waals surface area contributed by atoms with Crippen LogP contribution in [0.1, 0.15) is 0 Å². The van der Waals surface area contributed by atoms with Crippen LogP contribution in [0, 0.1) is 0 Å². The molecule has 0 aromatic carbocycles. The number of rotatable bonds is 1. The van der Waals surface area contributed by atoms with E-state index in [1.54, 1.807) is 11.3 Å². The first kappa shape index (κ1) is 8.37. The minimum Gasteiger partial charge on any atom is -0.363 e. The highest BCUT2D eigenvalue weighted by Crippen LogP contribution is 2.25. The van der Waals surface area contributed by atoms with E-state index in [2.05, 4.69) is 15.4 Å². The van der Waals surface area contributed by atoms with Crippen LogP contribution in [0.5, 0.6) is 0 Å². The summed E-state index contributed by atoms with van der Waals surface area (Å²) in [7, 11) is 0. The van der Waals surface area contributed by atoms with E-state index in [0.717, 1.165) is 5.56 Å². The van der Waals surface area contributed by atoms with Crippen molar-refractivity contribution in [2.75, 3.05) is 0 Å². The van der Waals surface area contributed by atoms with Gasteiger partial charge in [-0.3, -0.25) is 4.79 Å². The van der Waals surface area contributed by atoms with Crippen LogP contribution in [-0.2, 0) is 0 Å². The lowest BCUT2D eigenvalue weighted by Gasteiger charge is -1.95. The molecule has 0 unspecified atom stereocenters. The standard InChI is InChI=1S/C9H5N3O2S/c13-9-8-6(3-14-12-8)7(10-11-9)5-1-2-15-4-5/h1-4H,(H,11,13). The Hall–Kier alpha value is -1.95. The number of thiophene rings is 1. The van der Waals surface area contributed by atoms with Gasteiger partial charge in [0.15, 0.2) is 5.52 Å². The summed E-state index contributed by atoms with van der Waals surface area (Å²) in [6.45, 7) is 0. The summed E-state index contributed by atoms with van der Waals surface area (Å²) < 4.78 is 4.78. The lowest BCUT2D eigenvalue weighted by molar-refractivity contribution is 0.428. The van der Waals surface area contributed by atoms with Gasteiger partial charge in [-0.2, -0.15) is 16.4 Å². The first-order valence-electron chi connectivity index (χ1n) is 4.21. The van der Waals surface area contributed by atoms with Gasteiger partial charge in [0.25, 0.3) is 5.56 Å². The molecule has 0 radical (unpaired) electrons. The van der Waals surface area contributed by atoms with E-state index in [1.165, 1.54) is 6.26 Å². The number of H-pyrrole nitrogens is 1. The van der Waals surface area contributed by atoms with Gasteiger partial charge in [0.2, 0.25) is 0 Å². The molecule has 0 saturated heterocycles. The van der Waals surface area contributed by atoms with Gasteiger partial charge in [0, 0.05) is 10.9 Å². The largest absolute Gasteiger partial charge is 0.363 e. The van der Waals surface area contributed by atoms with Gasteiger partial charge in [-0.25, -0.2) is 5.10 Å². The van der Waals surface area contributed by atoms with Crippen LogP contribution in [0.4, 0.5) is 0 Å². The summed E-state index contributed by atoms with van der Waals surface area (Å²) >= 11 is 1.57. The summed E-state index contributed by atoms with van der Waals surface area (Å²) in [6, 6.07) is 1.93. The SMILES string of the molecule is O=c1[nH]nc(-c2ccsc2)c2conc12. The monoisotopic (exact) mass is 219 g/mol. The second-order valence-corrected chi connectivity index (χ2v) is 3.77. The van der Waals surface area contributed by atoms with Gasteiger partial charge < -0.3 is 4.52 Å². The maximum absolute atomic E-state index is 11.3. The molecule has 0 spiro atoms. The summed E-state index contributed by atoms with van der Waals surface area (Å²) in [5, 5.41) is 14.6. The second-order valence-electron chi connectivity index (χ2n) is 2.99. The molecule has 1 N–H and O–H groups in total. The Bertz CT molecular complexity index is 653. The third-order valence-electron chi connectivity index (χ3n) is 2.10. The highest BCUT2D eigenvalue weighted by atomic mass is 32.1. The fraction of sp³-hybridized carbons (Fsp3) is 0. The molecule has 74 valence electrons. The predicted octanol–water partition coefficient (Wildman–Crippen LogP) is 1.64. The Morgan fingerprint density at radius 3 is 3.20 bits per heavy atom. The van der Waals surface area contributed by atoms with E-state index in [0.29, 0.717) is 11.1 Å². The number of hydrogen-bond donors (Lipinski definition) is 1. The van der Waals surface area contributed by atoms with Gasteiger partial charge in [0.1, 0.15) is 12.0 Å². The molecule has 0 fully saturated rings. The maximum atomic E-state index is 11.3. The molecule has 5 nitrogen and oxygen atoms in total.